The summed E-state index contributed by atoms with van der Waals surface area (Å²) in [6.07, 6.45) is 4.72. The average molecular weight is 423 g/mol. The number of alkyl carbamates (subject to hydrolysis) is 1. The second-order valence-corrected chi connectivity index (χ2v) is 7.87. The number of nitrogens with zero attached hydrogens (tertiary/aromatic N) is 4. The molecule has 2 aliphatic heterocycles. The van der Waals surface area contributed by atoms with Crippen molar-refractivity contribution in [2.75, 3.05) is 13.2 Å². The van der Waals surface area contributed by atoms with Crippen LogP contribution in [-0.2, 0) is 16.1 Å². The summed E-state index contributed by atoms with van der Waals surface area (Å²) in [5, 5.41) is 8.56. The smallest absolute Gasteiger partial charge is 0.407 e. The number of fused-ring (bicyclic) bond motifs is 4. The van der Waals surface area contributed by atoms with Crippen LogP contribution in [0.25, 0.3) is 22.3 Å². The minimum Gasteiger partial charge on any atom is -0.491 e. The summed E-state index contributed by atoms with van der Waals surface area (Å²) in [5.41, 5.74) is 2.36. The second kappa shape index (κ2) is 8.50. The number of amides is 1. The summed E-state index contributed by atoms with van der Waals surface area (Å²) in [4.78, 5) is 20.8. The van der Waals surface area contributed by atoms with Crippen molar-refractivity contribution in [3.05, 3.63) is 36.3 Å². The first-order valence-electron chi connectivity index (χ1n) is 10.7. The fourth-order valence-electron chi connectivity index (χ4n) is 3.97. The Hall–Kier alpha value is -3.20. The Morgan fingerprint density at radius 1 is 1.19 bits per heavy atom. The third kappa shape index (κ3) is 4.18. The van der Waals surface area contributed by atoms with Crippen LogP contribution in [0.1, 0.15) is 44.7 Å². The van der Waals surface area contributed by atoms with Crippen molar-refractivity contribution in [2.45, 2.75) is 51.5 Å². The number of nitrogens with one attached hydrogen (secondary N) is 1. The number of rotatable bonds is 1. The monoisotopic (exact) mass is 423 g/mol. The van der Waals surface area contributed by atoms with Gasteiger partial charge in [-0.15, -0.1) is 0 Å². The lowest BCUT2D eigenvalue weighted by Gasteiger charge is -2.23. The van der Waals surface area contributed by atoms with Gasteiger partial charge in [-0.3, -0.25) is 0 Å². The molecule has 5 rings (SSSR count). The van der Waals surface area contributed by atoms with Crippen LogP contribution in [0.3, 0.4) is 0 Å². The second-order valence-electron chi connectivity index (χ2n) is 7.87. The van der Waals surface area contributed by atoms with E-state index < -0.39 is 6.09 Å². The highest BCUT2D eigenvalue weighted by molar-refractivity contribution is 5.93. The number of cyclic esters (lactones) is 1. The highest BCUT2D eigenvalue weighted by Crippen LogP contribution is 2.34. The summed E-state index contributed by atoms with van der Waals surface area (Å²) in [6.45, 7) is 3.15. The number of hydrogen-bond acceptors (Lipinski definition) is 7. The Kier molecular flexibility index (Phi) is 5.42. The van der Waals surface area contributed by atoms with Crippen molar-refractivity contribution in [1.29, 1.82) is 0 Å². The van der Waals surface area contributed by atoms with Crippen LogP contribution in [0.15, 0.2) is 30.5 Å². The molecule has 1 N–H and O–H groups in total. The third-order valence-electron chi connectivity index (χ3n) is 5.54. The predicted octanol–water partition coefficient (Wildman–Crippen LogP) is 3.59. The molecule has 2 aromatic heterocycles. The maximum Gasteiger partial charge on any atom is 0.407 e. The highest BCUT2D eigenvalue weighted by Gasteiger charge is 2.23. The Balaban J connectivity index is 1.63. The fraction of sp³-hybridized carbons (Fsp3) is 0.455. The van der Waals surface area contributed by atoms with E-state index in [1.807, 2.05) is 35.9 Å². The highest BCUT2D eigenvalue weighted by atomic mass is 16.5. The number of benzene rings is 1. The standard InChI is InChI=1S/C22H25N5O4/c1-14-7-9-24-22(28)30-13-19-23-10-8-17(25-19)21-16-12-15(31-14)5-6-18(16)27(26-21)20-4-2-3-11-29-20/h5-6,8,10,12,14,20H,2-4,7,9,11,13H2,1H3,(H,24,28)/t14-,20?/m1/s1. The molecule has 1 aromatic carbocycles. The summed E-state index contributed by atoms with van der Waals surface area (Å²) >= 11 is 0. The molecule has 1 unspecified atom stereocenters. The van der Waals surface area contributed by atoms with Crippen molar-refractivity contribution in [3.8, 4) is 17.1 Å². The largest absolute Gasteiger partial charge is 0.491 e. The normalized spacial score (nSPS) is 22.2. The summed E-state index contributed by atoms with van der Waals surface area (Å²) < 4.78 is 19.3. The van der Waals surface area contributed by atoms with Gasteiger partial charge in [0.25, 0.3) is 0 Å². The zero-order chi connectivity index (χ0) is 21.2. The Bertz CT molecular complexity index is 1090. The molecule has 31 heavy (non-hydrogen) atoms. The van der Waals surface area contributed by atoms with Crippen LogP contribution in [-0.4, -0.2) is 45.1 Å². The van der Waals surface area contributed by atoms with Crippen LogP contribution >= 0.6 is 0 Å². The van der Waals surface area contributed by atoms with Gasteiger partial charge in [0.2, 0.25) is 0 Å². The molecule has 162 valence electrons. The van der Waals surface area contributed by atoms with Crippen LogP contribution in [0.2, 0.25) is 0 Å². The minimum absolute atomic E-state index is 0.0125. The van der Waals surface area contributed by atoms with Gasteiger partial charge in [-0.25, -0.2) is 19.4 Å². The predicted molar refractivity (Wildman–Crippen MR) is 112 cm³/mol. The van der Waals surface area contributed by atoms with Crippen molar-refractivity contribution in [2.24, 2.45) is 0 Å². The van der Waals surface area contributed by atoms with Gasteiger partial charge >= 0.3 is 6.09 Å². The first-order valence-corrected chi connectivity index (χ1v) is 10.7. The SMILES string of the molecule is C[C@@H]1CCNC(=O)OCc2nccc(n2)-c2nn(C3CCCCO3)c3ccc(cc23)O1. The van der Waals surface area contributed by atoms with E-state index in [0.29, 0.717) is 24.5 Å². The van der Waals surface area contributed by atoms with Gasteiger partial charge in [-0.2, -0.15) is 5.10 Å². The summed E-state index contributed by atoms with van der Waals surface area (Å²) in [5.74, 6) is 1.16. The number of carbonyl (C=O) groups is 1. The van der Waals surface area contributed by atoms with E-state index in [4.69, 9.17) is 19.3 Å². The molecule has 2 aliphatic rings. The number of aromatic nitrogens is 4. The van der Waals surface area contributed by atoms with Crippen molar-refractivity contribution < 1.29 is 19.0 Å². The van der Waals surface area contributed by atoms with Gasteiger partial charge in [0.1, 0.15) is 11.4 Å². The van der Waals surface area contributed by atoms with E-state index in [9.17, 15) is 4.79 Å². The molecule has 4 bridgehead atoms. The van der Waals surface area contributed by atoms with Gasteiger partial charge in [-0.05, 0) is 50.5 Å². The van der Waals surface area contributed by atoms with Crippen LogP contribution < -0.4 is 10.1 Å². The first kappa shape index (κ1) is 19.7. The van der Waals surface area contributed by atoms with Gasteiger partial charge < -0.3 is 19.5 Å². The molecule has 9 heteroatoms. The lowest BCUT2D eigenvalue weighted by Crippen LogP contribution is -2.28. The minimum atomic E-state index is -0.502. The van der Waals surface area contributed by atoms with Crippen molar-refractivity contribution >= 4 is 17.0 Å². The molecular weight excluding hydrogens is 398 g/mol. The molecule has 1 saturated heterocycles. The zero-order valence-corrected chi connectivity index (χ0v) is 17.4. The van der Waals surface area contributed by atoms with Gasteiger partial charge in [0, 0.05) is 31.2 Å². The Labute approximate surface area is 179 Å². The molecule has 1 amide bonds. The van der Waals surface area contributed by atoms with Gasteiger partial charge in [0.15, 0.2) is 18.7 Å². The molecule has 4 heterocycles. The van der Waals surface area contributed by atoms with E-state index >= 15 is 0 Å². The maximum atomic E-state index is 11.9. The number of ether oxygens (including phenoxy) is 3. The molecule has 0 aliphatic carbocycles. The zero-order valence-electron chi connectivity index (χ0n) is 17.4. The Morgan fingerprint density at radius 3 is 3.00 bits per heavy atom. The van der Waals surface area contributed by atoms with E-state index in [-0.39, 0.29) is 18.9 Å². The molecule has 2 atom stereocenters. The Morgan fingerprint density at radius 2 is 2.13 bits per heavy atom. The van der Waals surface area contributed by atoms with Crippen LogP contribution in [0, 0.1) is 0 Å². The van der Waals surface area contributed by atoms with E-state index in [1.54, 1.807) is 6.20 Å². The topological polar surface area (TPSA) is 100 Å². The lowest BCUT2D eigenvalue weighted by molar-refractivity contribution is -0.0365. The van der Waals surface area contributed by atoms with E-state index in [1.165, 1.54) is 0 Å². The average Bonchev–Trinajstić information content (AvgIpc) is 3.17. The molecule has 0 radical (unpaired) electrons. The molecule has 1 fully saturated rings. The summed E-state index contributed by atoms with van der Waals surface area (Å²) in [6, 6.07) is 7.79. The molecule has 0 saturated carbocycles. The van der Waals surface area contributed by atoms with Crippen molar-refractivity contribution in [3.63, 3.8) is 0 Å². The molecule has 0 spiro atoms. The number of hydrogen-bond donors (Lipinski definition) is 1. The fourth-order valence-corrected chi connectivity index (χ4v) is 3.97. The van der Waals surface area contributed by atoms with Gasteiger partial charge in [0.05, 0.1) is 17.3 Å². The maximum absolute atomic E-state index is 11.9. The van der Waals surface area contributed by atoms with Crippen molar-refractivity contribution in [1.82, 2.24) is 25.1 Å². The third-order valence-corrected chi connectivity index (χ3v) is 5.54. The molecule has 3 aromatic rings. The van der Waals surface area contributed by atoms with E-state index in [2.05, 4.69) is 15.3 Å². The lowest BCUT2D eigenvalue weighted by atomic mass is 10.1. The first-order chi connectivity index (χ1) is 15.2. The summed E-state index contributed by atoms with van der Waals surface area (Å²) in [7, 11) is 0. The number of carbonyl (C=O) groups excluding carboxylic acids is 1. The van der Waals surface area contributed by atoms with Crippen LogP contribution in [0.4, 0.5) is 4.79 Å². The molecular formula is C22H25N5O4. The molecule has 9 nitrogen and oxygen atoms in total. The quantitative estimate of drug-likeness (QED) is 0.638. The van der Waals surface area contributed by atoms with Gasteiger partial charge in [-0.1, -0.05) is 0 Å². The van der Waals surface area contributed by atoms with Crippen LogP contribution in [0.5, 0.6) is 5.75 Å². The van der Waals surface area contributed by atoms with E-state index in [0.717, 1.165) is 48.2 Å².